The van der Waals surface area contributed by atoms with Crippen molar-refractivity contribution in [3.63, 3.8) is 0 Å². The van der Waals surface area contributed by atoms with Crippen molar-refractivity contribution in [3.05, 3.63) is 5.01 Å². The lowest BCUT2D eigenvalue weighted by molar-refractivity contribution is -0.126. The van der Waals surface area contributed by atoms with Crippen LogP contribution < -0.4 is 11.1 Å². The molecule has 1 saturated carbocycles. The molecule has 0 unspecified atom stereocenters. The van der Waals surface area contributed by atoms with Crippen molar-refractivity contribution < 1.29 is 4.79 Å². The summed E-state index contributed by atoms with van der Waals surface area (Å²) >= 11 is 1.47. The number of carbonyl (C=O) groups is 1. The number of nitrogens with two attached hydrogens (primary N) is 1. The van der Waals surface area contributed by atoms with Crippen LogP contribution in [0.5, 0.6) is 0 Å². The van der Waals surface area contributed by atoms with E-state index in [1.807, 2.05) is 0 Å². The number of aromatic nitrogens is 2. The van der Waals surface area contributed by atoms with Crippen LogP contribution >= 0.6 is 11.3 Å². The van der Waals surface area contributed by atoms with Gasteiger partial charge in [-0.3, -0.25) is 10.1 Å². The molecule has 0 bridgehead atoms. The Morgan fingerprint density at radius 3 is 2.65 bits per heavy atom. The molecule has 1 amide bonds. The van der Waals surface area contributed by atoms with Gasteiger partial charge in [-0.05, 0) is 18.8 Å². The first-order valence-corrected chi connectivity index (χ1v) is 8.21. The normalized spacial score (nSPS) is 18.2. The highest BCUT2D eigenvalue weighted by Gasteiger charge is 2.38. The van der Waals surface area contributed by atoms with Gasteiger partial charge in [-0.15, -0.1) is 10.2 Å². The lowest BCUT2D eigenvalue weighted by Gasteiger charge is -2.34. The third kappa shape index (κ3) is 3.55. The first-order chi connectivity index (χ1) is 9.55. The van der Waals surface area contributed by atoms with Crippen LogP contribution in [-0.4, -0.2) is 22.6 Å². The van der Waals surface area contributed by atoms with E-state index in [-0.39, 0.29) is 5.91 Å². The topological polar surface area (TPSA) is 80.9 Å². The fourth-order valence-corrected chi connectivity index (χ4v) is 3.66. The maximum Gasteiger partial charge on any atom is 0.233 e. The summed E-state index contributed by atoms with van der Waals surface area (Å²) in [6, 6.07) is 0. The number of carbonyl (C=O) groups excluding carboxylic acids is 1. The molecule has 0 aliphatic heterocycles. The summed E-state index contributed by atoms with van der Waals surface area (Å²) in [4.78, 5) is 12.5. The highest BCUT2D eigenvalue weighted by molar-refractivity contribution is 7.15. The van der Waals surface area contributed by atoms with Crippen LogP contribution in [0.2, 0.25) is 0 Å². The Kier molecular flexibility index (Phi) is 5.10. The Morgan fingerprint density at radius 1 is 1.35 bits per heavy atom. The number of hydrogen-bond donors (Lipinski definition) is 2. The fourth-order valence-electron chi connectivity index (χ4n) is 2.72. The second-order valence-electron chi connectivity index (χ2n) is 6.10. The van der Waals surface area contributed by atoms with E-state index in [9.17, 15) is 4.79 Å². The van der Waals surface area contributed by atoms with Crippen LogP contribution in [-0.2, 0) is 11.2 Å². The van der Waals surface area contributed by atoms with E-state index < -0.39 is 5.41 Å². The third-order valence-electron chi connectivity index (χ3n) is 3.95. The van der Waals surface area contributed by atoms with Gasteiger partial charge in [-0.1, -0.05) is 44.4 Å². The smallest absolute Gasteiger partial charge is 0.233 e. The molecule has 20 heavy (non-hydrogen) atoms. The summed E-state index contributed by atoms with van der Waals surface area (Å²) in [5.41, 5.74) is 5.47. The van der Waals surface area contributed by atoms with Gasteiger partial charge in [-0.25, -0.2) is 0 Å². The van der Waals surface area contributed by atoms with Crippen LogP contribution in [0.25, 0.3) is 0 Å². The molecular formula is C14H24N4OS. The monoisotopic (exact) mass is 296 g/mol. The molecule has 1 heterocycles. The van der Waals surface area contributed by atoms with Gasteiger partial charge < -0.3 is 5.73 Å². The molecule has 1 fully saturated rings. The highest BCUT2D eigenvalue weighted by Crippen LogP contribution is 2.36. The first kappa shape index (κ1) is 15.4. The minimum Gasteiger partial charge on any atom is -0.329 e. The summed E-state index contributed by atoms with van der Waals surface area (Å²) in [5.74, 6) is 0.562. The van der Waals surface area contributed by atoms with Crippen LogP contribution in [0.4, 0.5) is 5.13 Å². The second-order valence-corrected chi connectivity index (χ2v) is 7.16. The van der Waals surface area contributed by atoms with Gasteiger partial charge in [0.1, 0.15) is 5.01 Å². The molecule has 6 heteroatoms. The Hall–Kier alpha value is -1.01. The summed E-state index contributed by atoms with van der Waals surface area (Å²) < 4.78 is 0. The highest BCUT2D eigenvalue weighted by atomic mass is 32.1. The van der Waals surface area contributed by atoms with E-state index in [0.717, 1.165) is 37.1 Å². The molecule has 1 aromatic heterocycles. The number of nitrogens with zero attached hydrogens (tertiary/aromatic N) is 2. The zero-order chi connectivity index (χ0) is 14.6. The minimum absolute atomic E-state index is 0.0203. The van der Waals surface area contributed by atoms with Gasteiger partial charge in [0.15, 0.2) is 0 Å². The van der Waals surface area contributed by atoms with Gasteiger partial charge in [0.05, 0.1) is 5.41 Å². The van der Waals surface area contributed by atoms with Gasteiger partial charge in [-0.2, -0.15) is 0 Å². The lowest BCUT2D eigenvalue weighted by Crippen LogP contribution is -2.43. The van der Waals surface area contributed by atoms with Crippen molar-refractivity contribution in [1.29, 1.82) is 0 Å². The number of nitrogens with one attached hydrogen (secondary N) is 1. The predicted octanol–water partition coefficient (Wildman–Crippen LogP) is 2.58. The molecule has 1 aromatic rings. The molecule has 0 radical (unpaired) electrons. The molecule has 0 spiro atoms. The van der Waals surface area contributed by atoms with E-state index in [1.54, 1.807) is 0 Å². The van der Waals surface area contributed by atoms with Crippen LogP contribution in [0.15, 0.2) is 0 Å². The number of anilines is 1. The van der Waals surface area contributed by atoms with Crippen molar-refractivity contribution in [1.82, 2.24) is 10.2 Å². The summed E-state index contributed by atoms with van der Waals surface area (Å²) in [6.45, 7) is 4.70. The van der Waals surface area contributed by atoms with Crippen molar-refractivity contribution in [2.45, 2.75) is 52.4 Å². The SMILES string of the molecule is CC(C)Cc1nnc(NC(=O)C2(CN)CCCCC2)s1. The molecule has 1 aliphatic carbocycles. The zero-order valence-corrected chi connectivity index (χ0v) is 13.1. The van der Waals surface area contributed by atoms with E-state index in [4.69, 9.17) is 5.73 Å². The van der Waals surface area contributed by atoms with Crippen LogP contribution in [0, 0.1) is 11.3 Å². The van der Waals surface area contributed by atoms with E-state index in [2.05, 4.69) is 29.4 Å². The summed E-state index contributed by atoms with van der Waals surface area (Å²) in [6.07, 6.45) is 6.03. The number of amides is 1. The first-order valence-electron chi connectivity index (χ1n) is 7.39. The molecule has 5 nitrogen and oxygen atoms in total. The van der Waals surface area contributed by atoms with E-state index >= 15 is 0 Å². The molecule has 1 aliphatic rings. The number of rotatable bonds is 5. The van der Waals surface area contributed by atoms with Crippen molar-refractivity contribution in [2.75, 3.05) is 11.9 Å². The standard InChI is InChI=1S/C14H24N4OS/c1-10(2)8-11-17-18-13(20-11)16-12(19)14(9-15)6-4-3-5-7-14/h10H,3-9,15H2,1-2H3,(H,16,18,19). The number of hydrogen-bond acceptors (Lipinski definition) is 5. The summed E-state index contributed by atoms with van der Waals surface area (Å²) in [5, 5.41) is 12.7. The minimum atomic E-state index is -0.401. The Labute approximate surface area is 124 Å². The maximum absolute atomic E-state index is 12.5. The predicted molar refractivity (Wildman–Crippen MR) is 81.7 cm³/mol. The van der Waals surface area contributed by atoms with Gasteiger partial charge in [0, 0.05) is 13.0 Å². The van der Waals surface area contributed by atoms with Gasteiger partial charge in [0.25, 0.3) is 0 Å². The fraction of sp³-hybridized carbons (Fsp3) is 0.786. The largest absolute Gasteiger partial charge is 0.329 e. The molecule has 0 aromatic carbocycles. The quantitative estimate of drug-likeness (QED) is 0.875. The van der Waals surface area contributed by atoms with Crippen LogP contribution in [0.1, 0.15) is 51.0 Å². The molecule has 112 valence electrons. The van der Waals surface area contributed by atoms with Crippen molar-refractivity contribution in [3.8, 4) is 0 Å². The van der Waals surface area contributed by atoms with E-state index in [0.29, 0.717) is 17.6 Å². The molecule has 3 N–H and O–H groups in total. The molecule has 0 saturated heterocycles. The third-order valence-corrected chi connectivity index (χ3v) is 4.81. The van der Waals surface area contributed by atoms with Gasteiger partial charge >= 0.3 is 0 Å². The Balaban J connectivity index is 2.01. The van der Waals surface area contributed by atoms with Crippen LogP contribution in [0.3, 0.4) is 0 Å². The summed E-state index contributed by atoms with van der Waals surface area (Å²) in [7, 11) is 0. The second kappa shape index (κ2) is 6.63. The Morgan fingerprint density at radius 2 is 2.05 bits per heavy atom. The molecular weight excluding hydrogens is 272 g/mol. The average Bonchev–Trinajstić information content (AvgIpc) is 2.85. The Bertz CT molecular complexity index is 452. The van der Waals surface area contributed by atoms with Gasteiger partial charge in [0.2, 0.25) is 11.0 Å². The molecule has 0 atom stereocenters. The van der Waals surface area contributed by atoms with E-state index in [1.165, 1.54) is 17.8 Å². The zero-order valence-electron chi connectivity index (χ0n) is 12.3. The maximum atomic E-state index is 12.5. The average molecular weight is 296 g/mol. The van der Waals surface area contributed by atoms with Crippen molar-refractivity contribution in [2.24, 2.45) is 17.1 Å². The lowest BCUT2D eigenvalue weighted by atomic mass is 9.73. The van der Waals surface area contributed by atoms with Crippen molar-refractivity contribution >= 4 is 22.4 Å². The molecule has 2 rings (SSSR count).